The number of hydrogen-bond acceptors (Lipinski definition) is 3. The van der Waals surface area contributed by atoms with E-state index in [9.17, 15) is 5.26 Å². The Bertz CT molecular complexity index is 804. The Kier molecular flexibility index (Phi) is 4.78. The van der Waals surface area contributed by atoms with Crippen LogP contribution in [0.2, 0.25) is 0 Å². The molecule has 0 bridgehead atoms. The molecular weight excluding hydrogens is 310 g/mol. The standard InChI is InChI=1S/C21H25N3O/c1-14(2)19-18-13-25-21(3,4)10-16(18)17(11-22)20(24-19)23-12-15-8-6-5-7-9-15/h5-9,14H,10,12-13H2,1-4H3,(H,23,24)/p+1. The van der Waals surface area contributed by atoms with Crippen LogP contribution in [0.25, 0.3) is 0 Å². The van der Waals surface area contributed by atoms with E-state index < -0.39 is 0 Å². The van der Waals surface area contributed by atoms with E-state index in [1.807, 2.05) is 18.2 Å². The third kappa shape index (κ3) is 3.67. The SMILES string of the molecule is CC(C)c1[nH+]c(NCc2ccccc2)c(C#N)c2c1COC(C)(C)C2. The number of pyridine rings is 1. The van der Waals surface area contributed by atoms with Gasteiger partial charge in [0.25, 0.3) is 5.82 Å². The van der Waals surface area contributed by atoms with E-state index in [0.717, 1.165) is 29.1 Å². The van der Waals surface area contributed by atoms with Crippen LogP contribution in [0.3, 0.4) is 0 Å². The first kappa shape index (κ1) is 17.4. The normalized spacial score (nSPS) is 15.5. The van der Waals surface area contributed by atoms with Crippen LogP contribution >= 0.6 is 0 Å². The number of hydrogen-bond donors (Lipinski definition) is 1. The summed E-state index contributed by atoms with van der Waals surface area (Å²) in [5.41, 5.74) is 5.08. The van der Waals surface area contributed by atoms with E-state index in [1.165, 1.54) is 5.56 Å². The molecule has 1 aliphatic rings. The zero-order valence-corrected chi connectivity index (χ0v) is 15.4. The maximum absolute atomic E-state index is 9.82. The molecule has 2 N–H and O–H groups in total. The van der Waals surface area contributed by atoms with Gasteiger partial charge in [-0.1, -0.05) is 44.2 Å². The number of aromatic nitrogens is 1. The van der Waals surface area contributed by atoms with Crippen molar-refractivity contribution in [2.45, 2.75) is 58.8 Å². The van der Waals surface area contributed by atoms with Crippen molar-refractivity contribution in [1.82, 2.24) is 0 Å². The molecule has 0 aliphatic carbocycles. The molecule has 2 aromatic rings. The number of nitrogens with one attached hydrogen (secondary N) is 2. The lowest BCUT2D eigenvalue weighted by Gasteiger charge is -2.33. The number of benzene rings is 1. The molecule has 1 aromatic carbocycles. The molecule has 2 heterocycles. The molecule has 1 aromatic heterocycles. The molecule has 130 valence electrons. The lowest BCUT2D eigenvalue weighted by Crippen LogP contribution is -2.36. The van der Waals surface area contributed by atoms with Crippen LogP contribution in [0.5, 0.6) is 0 Å². The van der Waals surface area contributed by atoms with Crippen molar-refractivity contribution in [3.05, 3.63) is 58.3 Å². The Morgan fingerprint density at radius 3 is 2.60 bits per heavy atom. The topological polar surface area (TPSA) is 59.2 Å². The Balaban J connectivity index is 2.03. The van der Waals surface area contributed by atoms with Gasteiger partial charge in [-0.15, -0.1) is 0 Å². The van der Waals surface area contributed by atoms with Crippen LogP contribution < -0.4 is 10.3 Å². The first-order valence-corrected chi connectivity index (χ1v) is 8.84. The van der Waals surface area contributed by atoms with Crippen molar-refractivity contribution in [2.75, 3.05) is 5.32 Å². The van der Waals surface area contributed by atoms with Crippen molar-refractivity contribution in [1.29, 1.82) is 5.26 Å². The summed E-state index contributed by atoms with van der Waals surface area (Å²) >= 11 is 0. The predicted octanol–water partition coefficient (Wildman–Crippen LogP) is 3.96. The minimum absolute atomic E-state index is 0.245. The Morgan fingerprint density at radius 2 is 1.96 bits per heavy atom. The van der Waals surface area contributed by atoms with E-state index in [2.05, 4.69) is 56.2 Å². The number of ether oxygens (including phenoxy) is 1. The van der Waals surface area contributed by atoms with Gasteiger partial charge >= 0.3 is 0 Å². The van der Waals surface area contributed by atoms with Gasteiger partial charge in [-0.05, 0) is 25.0 Å². The van der Waals surface area contributed by atoms with Crippen LogP contribution in [0.1, 0.15) is 61.6 Å². The van der Waals surface area contributed by atoms with Crippen molar-refractivity contribution < 1.29 is 9.72 Å². The van der Waals surface area contributed by atoms with Gasteiger partial charge in [0.1, 0.15) is 23.9 Å². The van der Waals surface area contributed by atoms with Gasteiger partial charge in [0, 0.05) is 17.9 Å². The molecule has 1 aliphatic heterocycles. The van der Waals surface area contributed by atoms with E-state index in [-0.39, 0.29) is 5.60 Å². The number of nitrogens with zero attached hydrogens (tertiary/aromatic N) is 1. The largest absolute Gasteiger partial charge is 0.370 e. The van der Waals surface area contributed by atoms with Crippen LogP contribution in [-0.4, -0.2) is 5.60 Å². The summed E-state index contributed by atoms with van der Waals surface area (Å²) in [6.07, 6.45) is 0.750. The highest BCUT2D eigenvalue weighted by Gasteiger charge is 2.34. The van der Waals surface area contributed by atoms with Gasteiger partial charge in [-0.2, -0.15) is 5.26 Å². The fourth-order valence-corrected chi connectivity index (χ4v) is 3.38. The number of rotatable bonds is 4. The van der Waals surface area contributed by atoms with E-state index in [1.54, 1.807) is 0 Å². The number of nitriles is 1. The number of fused-ring (bicyclic) bond motifs is 1. The Labute approximate surface area is 149 Å². The molecule has 0 atom stereocenters. The summed E-state index contributed by atoms with van der Waals surface area (Å²) in [7, 11) is 0. The average Bonchev–Trinajstić information content (AvgIpc) is 2.58. The molecule has 0 spiro atoms. The zero-order valence-electron chi connectivity index (χ0n) is 15.4. The van der Waals surface area contributed by atoms with Gasteiger partial charge in [-0.3, -0.25) is 5.32 Å². The maximum Gasteiger partial charge on any atom is 0.291 e. The third-order valence-corrected chi connectivity index (χ3v) is 4.71. The summed E-state index contributed by atoms with van der Waals surface area (Å²) in [4.78, 5) is 3.48. The Hall–Kier alpha value is -2.38. The summed E-state index contributed by atoms with van der Waals surface area (Å²) in [5, 5.41) is 13.3. The third-order valence-electron chi connectivity index (χ3n) is 4.71. The minimum atomic E-state index is -0.245. The molecule has 3 rings (SSSR count). The van der Waals surface area contributed by atoms with Gasteiger partial charge < -0.3 is 4.74 Å². The molecule has 0 saturated carbocycles. The maximum atomic E-state index is 9.82. The average molecular weight is 336 g/mol. The van der Waals surface area contributed by atoms with Crippen molar-refractivity contribution in [3.8, 4) is 6.07 Å². The first-order valence-electron chi connectivity index (χ1n) is 8.84. The molecule has 0 saturated heterocycles. The fourth-order valence-electron chi connectivity index (χ4n) is 3.38. The molecule has 0 amide bonds. The van der Waals surface area contributed by atoms with Crippen molar-refractivity contribution in [3.63, 3.8) is 0 Å². The summed E-state index contributed by atoms with van der Waals surface area (Å²) < 4.78 is 6.00. The molecule has 0 fully saturated rings. The number of H-pyrrole nitrogens is 1. The predicted molar refractivity (Wildman–Crippen MR) is 98.1 cm³/mol. The second-order valence-electron chi connectivity index (χ2n) is 7.58. The second kappa shape index (κ2) is 6.85. The van der Waals surface area contributed by atoms with Gasteiger partial charge in [0.05, 0.1) is 12.2 Å². The molecular formula is C21H26N3O+. The van der Waals surface area contributed by atoms with Crippen LogP contribution in [0.15, 0.2) is 30.3 Å². The first-order chi connectivity index (χ1) is 11.9. The molecule has 4 nitrogen and oxygen atoms in total. The Morgan fingerprint density at radius 1 is 1.24 bits per heavy atom. The van der Waals surface area contributed by atoms with E-state index >= 15 is 0 Å². The highest BCUT2D eigenvalue weighted by molar-refractivity contribution is 5.57. The molecule has 25 heavy (non-hydrogen) atoms. The van der Waals surface area contributed by atoms with Gasteiger partial charge in [-0.25, -0.2) is 4.98 Å². The number of anilines is 1. The highest BCUT2D eigenvalue weighted by Crippen LogP contribution is 2.34. The van der Waals surface area contributed by atoms with Crippen molar-refractivity contribution >= 4 is 5.82 Å². The molecule has 0 unspecified atom stereocenters. The molecule has 0 radical (unpaired) electrons. The molecule has 4 heteroatoms. The van der Waals surface area contributed by atoms with E-state index in [0.29, 0.717) is 24.6 Å². The highest BCUT2D eigenvalue weighted by atomic mass is 16.5. The summed E-state index contributed by atoms with van der Waals surface area (Å²) in [5.74, 6) is 1.15. The fraction of sp³-hybridized carbons (Fsp3) is 0.429. The summed E-state index contributed by atoms with van der Waals surface area (Å²) in [6, 6.07) is 12.6. The number of aromatic amines is 1. The smallest absolute Gasteiger partial charge is 0.291 e. The second-order valence-corrected chi connectivity index (χ2v) is 7.58. The van der Waals surface area contributed by atoms with E-state index in [4.69, 9.17) is 4.74 Å². The minimum Gasteiger partial charge on any atom is -0.370 e. The van der Waals surface area contributed by atoms with Crippen molar-refractivity contribution in [2.24, 2.45) is 0 Å². The lowest BCUT2D eigenvalue weighted by atomic mass is 9.86. The van der Waals surface area contributed by atoms with Crippen LogP contribution in [-0.2, 0) is 24.3 Å². The monoisotopic (exact) mass is 336 g/mol. The quantitative estimate of drug-likeness (QED) is 0.919. The van der Waals surface area contributed by atoms with Gasteiger partial charge in [0.2, 0.25) is 0 Å². The van der Waals surface area contributed by atoms with Crippen LogP contribution in [0, 0.1) is 11.3 Å². The van der Waals surface area contributed by atoms with Crippen LogP contribution in [0.4, 0.5) is 5.82 Å². The lowest BCUT2D eigenvalue weighted by molar-refractivity contribution is -0.378. The zero-order chi connectivity index (χ0) is 18.0. The van der Waals surface area contributed by atoms with Gasteiger partial charge in [0.15, 0.2) is 0 Å². The summed E-state index contributed by atoms with van der Waals surface area (Å²) in [6.45, 7) is 9.74.